The predicted molar refractivity (Wildman–Crippen MR) is 129 cm³/mol. The molecule has 2 aromatic carbocycles. The van der Waals surface area contributed by atoms with Crippen molar-refractivity contribution in [3.8, 4) is 0 Å². The number of primary amides is 1. The summed E-state index contributed by atoms with van der Waals surface area (Å²) >= 11 is 0. The zero-order chi connectivity index (χ0) is 27.0. The number of aliphatic carboxylic acids is 1. The molecule has 3 aromatic rings. The Balaban J connectivity index is 0.000000479. The van der Waals surface area contributed by atoms with E-state index in [1.54, 1.807) is 18.3 Å². The zero-order valence-electron chi connectivity index (χ0n) is 19.3. The number of benzene rings is 2. The van der Waals surface area contributed by atoms with E-state index in [0.29, 0.717) is 17.2 Å². The lowest BCUT2D eigenvalue weighted by molar-refractivity contribution is -0.192. The third-order valence-electron chi connectivity index (χ3n) is 5.04. The van der Waals surface area contributed by atoms with Gasteiger partial charge in [-0.15, -0.1) is 0 Å². The third-order valence-corrected chi connectivity index (χ3v) is 5.04. The molecule has 13 heteroatoms. The van der Waals surface area contributed by atoms with Gasteiger partial charge in [-0.2, -0.15) is 13.2 Å². The van der Waals surface area contributed by atoms with E-state index < -0.39 is 23.9 Å². The number of nitrogens with zero attached hydrogens (tertiary/aromatic N) is 2. The first kappa shape index (κ1) is 27.2. The fourth-order valence-electron chi connectivity index (χ4n) is 3.29. The van der Waals surface area contributed by atoms with Crippen molar-refractivity contribution in [2.24, 2.45) is 5.73 Å². The fraction of sp³-hybridized carbons (Fsp3) is 0.208. The number of aromatic nitrogens is 1. The molecule has 0 radical (unpaired) electrons. The number of anilines is 5. The van der Waals surface area contributed by atoms with E-state index in [0.717, 1.165) is 37.7 Å². The van der Waals surface area contributed by atoms with Crippen molar-refractivity contribution >= 4 is 40.4 Å². The lowest BCUT2D eigenvalue weighted by Crippen LogP contribution is -2.36. The number of halogens is 4. The highest BCUT2D eigenvalue weighted by molar-refractivity contribution is 5.99. The van der Waals surface area contributed by atoms with Gasteiger partial charge < -0.3 is 31.1 Å². The Labute approximate surface area is 208 Å². The summed E-state index contributed by atoms with van der Waals surface area (Å²) < 4.78 is 50.7. The number of carbonyl (C=O) groups is 2. The average molecular weight is 521 g/mol. The number of alkyl halides is 3. The van der Waals surface area contributed by atoms with Gasteiger partial charge in [-0.3, -0.25) is 4.79 Å². The van der Waals surface area contributed by atoms with Crippen LogP contribution in [0.25, 0.3) is 0 Å². The van der Waals surface area contributed by atoms with Crippen molar-refractivity contribution in [2.45, 2.75) is 6.18 Å². The summed E-state index contributed by atoms with van der Waals surface area (Å²) in [6, 6.07) is 15.4. The Morgan fingerprint density at radius 3 is 2.22 bits per heavy atom. The summed E-state index contributed by atoms with van der Waals surface area (Å²) in [5.41, 5.74) is 8.57. The molecule has 196 valence electrons. The van der Waals surface area contributed by atoms with Crippen molar-refractivity contribution in [1.29, 1.82) is 0 Å². The first-order valence-corrected chi connectivity index (χ1v) is 10.9. The van der Waals surface area contributed by atoms with Crippen LogP contribution >= 0.6 is 0 Å². The second-order valence-electron chi connectivity index (χ2n) is 7.68. The number of carboxylic acid groups (broad SMARTS) is 1. The number of nitrogens with two attached hydrogens (primary N) is 1. The number of hydrogen-bond acceptors (Lipinski definition) is 7. The molecule has 0 spiro atoms. The molecule has 1 amide bonds. The molecule has 4 rings (SSSR count). The lowest BCUT2D eigenvalue weighted by atomic mass is 10.1. The standard InChI is InChI=1S/C22H22FN5O2.C2HF3O2/c23-15-1-6-19(22(24)29)20(13-15)26-17-7-8-25-21(14-17)27-16-2-4-18(5-3-16)28-9-11-30-12-10-28;3-2(4,5)1(6)7/h1-8,13-14H,9-12H2,(H2,24,29)(H2,25,26,27);(H,6,7). The summed E-state index contributed by atoms with van der Waals surface area (Å²) in [7, 11) is 0. The minimum absolute atomic E-state index is 0.210. The molecule has 2 heterocycles. The molecular weight excluding hydrogens is 498 g/mol. The number of amides is 1. The normalized spacial score (nSPS) is 13.2. The summed E-state index contributed by atoms with van der Waals surface area (Å²) in [6.07, 6.45) is -3.46. The van der Waals surface area contributed by atoms with Crippen LogP contribution in [-0.2, 0) is 9.53 Å². The Hall–Kier alpha value is -4.39. The Kier molecular flexibility index (Phi) is 8.85. The van der Waals surface area contributed by atoms with Crippen LogP contribution in [0.15, 0.2) is 60.8 Å². The Morgan fingerprint density at radius 2 is 1.62 bits per heavy atom. The highest BCUT2D eigenvalue weighted by Gasteiger charge is 2.38. The number of nitrogens with one attached hydrogen (secondary N) is 2. The smallest absolute Gasteiger partial charge is 0.475 e. The van der Waals surface area contributed by atoms with Crippen molar-refractivity contribution in [1.82, 2.24) is 4.98 Å². The van der Waals surface area contributed by atoms with Gasteiger partial charge in [0.05, 0.1) is 24.5 Å². The van der Waals surface area contributed by atoms with Crippen molar-refractivity contribution in [2.75, 3.05) is 41.8 Å². The van der Waals surface area contributed by atoms with Crippen molar-refractivity contribution in [3.63, 3.8) is 0 Å². The van der Waals surface area contributed by atoms with Gasteiger partial charge in [-0.25, -0.2) is 14.2 Å². The van der Waals surface area contributed by atoms with E-state index in [1.165, 1.54) is 18.2 Å². The molecule has 37 heavy (non-hydrogen) atoms. The molecule has 1 saturated heterocycles. The molecule has 0 saturated carbocycles. The van der Waals surface area contributed by atoms with Crippen LogP contribution in [0.4, 0.5) is 46.1 Å². The summed E-state index contributed by atoms with van der Waals surface area (Å²) in [6.45, 7) is 3.25. The second-order valence-corrected chi connectivity index (χ2v) is 7.68. The molecule has 0 aliphatic carbocycles. The molecule has 1 aliphatic rings. The number of pyridine rings is 1. The SMILES string of the molecule is NC(=O)c1ccc(F)cc1Nc1ccnc(Nc2ccc(N3CCOCC3)cc2)c1.O=C(O)C(F)(F)F. The molecule has 1 aromatic heterocycles. The van der Waals surface area contributed by atoms with Gasteiger partial charge in [0, 0.05) is 42.4 Å². The van der Waals surface area contributed by atoms with Crippen LogP contribution in [0.1, 0.15) is 10.4 Å². The van der Waals surface area contributed by atoms with Crippen LogP contribution in [0, 0.1) is 5.82 Å². The van der Waals surface area contributed by atoms with E-state index in [2.05, 4.69) is 32.7 Å². The molecular formula is C24H23F4N5O4. The molecule has 0 unspecified atom stereocenters. The minimum atomic E-state index is -5.08. The second kappa shape index (κ2) is 12.0. The summed E-state index contributed by atoms with van der Waals surface area (Å²) in [5.74, 6) is -3.25. The number of morpholine rings is 1. The van der Waals surface area contributed by atoms with E-state index in [9.17, 15) is 22.4 Å². The maximum absolute atomic E-state index is 13.6. The Morgan fingerprint density at radius 1 is 0.973 bits per heavy atom. The van der Waals surface area contributed by atoms with Crippen LogP contribution in [0.2, 0.25) is 0 Å². The lowest BCUT2D eigenvalue weighted by Gasteiger charge is -2.28. The number of carbonyl (C=O) groups excluding carboxylic acids is 1. The number of rotatable bonds is 6. The van der Waals surface area contributed by atoms with E-state index in [4.69, 9.17) is 20.4 Å². The van der Waals surface area contributed by atoms with Gasteiger partial charge in [-0.1, -0.05) is 0 Å². The first-order valence-electron chi connectivity index (χ1n) is 10.9. The largest absolute Gasteiger partial charge is 0.490 e. The van der Waals surface area contributed by atoms with Gasteiger partial charge >= 0.3 is 12.1 Å². The molecule has 1 aliphatic heterocycles. The first-order chi connectivity index (χ1) is 17.5. The van der Waals surface area contributed by atoms with E-state index in [1.807, 2.05) is 12.1 Å². The molecule has 9 nitrogen and oxygen atoms in total. The summed E-state index contributed by atoms with van der Waals surface area (Å²) in [5, 5.41) is 13.4. The topological polar surface area (TPSA) is 130 Å². The zero-order valence-corrected chi connectivity index (χ0v) is 19.3. The highest BCUT2D eigenvalue weighted by atomic mass is 19.4. The molecule has 5 N–H and O–H groups in total. The van der Waals surface area contributed by atoms with Gasteiger partial charge in [0.2, 0.25) is 0 Å². The van der Waals surface area contributed by atoms with E-state index >= 15 is 0 Å². The van der Waals surface area contributed by atoms with Crippen molar-refractivity contribution in [3.05, 3.63) is 72.2 Å². The van der Waals surface area contributed by atoms with Gasteiger partial charge in [-0.05, 0) is 48.5 Å². The van der Waals surface area contributed by atoms with Crippen LogP contribution in [0.3, 0.4) is 0 Å². The predicted octanol–water partition coefficient (Wildman–Crippen LogP) is 4.28. The van der Waals surface area contributed by atoms with Gasteiger partial charge in [0.15, 0.2) is 0 Å². The highest BCUT2D eigenvalue weighted by Crippen LogP contribution is 2.25. The van der Waals surface area contributed by atoms with Gasteiger partial charge in [0.25, 0.3) is 5.91 Å². The maximum Gasteiger partial charge on any atom is 0.490 e. The molecule has 0 bridgehead atoms. The van der Waals surface area contributed by atoms with Crippen LogP contribution < -0.4 is 21.3 Å². The van der Waals surface area contributed by atoms with Gasteiger partial charge in [0.1, 0.15) is 11.6 Å². The molecule has 0 atom stereocenters. The number of hydrogen-bond donors (Lipinski definition) is 4. The Bertz CT molecular complexity index is 1230. The third kappa shape index (κ3) is 8.07. The van der Waals surface area contributed by atoms with Crippen LogP contribution in [0.5, 0.6) is 0 Å². The quantitative estimate of drug-likeness (QED) is 0.354. The maximum atomic E-state index is 13.6. The number of carboxylic acids is 1. The van der Waals surface area contributed by atoms with E-state index in [-0.39, 0.29) is 5.56 Å². The fourth-order valence-corrected chi connectivity index (χ4v) is 3.29. The minimum Gasteiger partial charge on any atom is -0.475 e. The van der Waals surface area contributed by atoms with Crippen LogP contribution in [-0.4, -0.2) is 54.4 Å². The average Bonchev–Trinajstić information content (AvgIpc) is 2.85. The molecule has 1 fully saturated rings. The number of ether oxygens (including phenoxy) is 1. The summed E-state index contributed by atoms with van der Waals surface area (Å²) in [4.78, 5) is 27.1. The van der Waals surface area contributed by atoms with Crippen molar-refractivity contribution < 1.29 is 37.0 Å². The monoisotopic (exact) mass is 521 g/mol.